The van der Waals surface area contributed by atoms with Gasteiger partial charge in [0.2, 0.25) is 0 Å². The van der Waals surface area contributed by atoms with Crippen molar-refractivity contribution in [1.29, 1.82) is 0 Å². The van der Waals surface area contributed by atoms with E-state index in [-0.39, 0.29) is 0 Å². The second-order valence-corrected chi connectivity index (χ2v) is 3.29. The van der Waals surface area contributed by atoms with E-state index in [1.165, 1.54) is 0 Å². The maximum Gasteiger partial charge on any atom is 0.119 e. The van der Waals surface area contributed by atoms with Gasteiger partial charge in [-0.25, -0.2) is 0 Å². The first kappa shape index (κ1) is 9.71. The molecule has 2 aromatic rings. The monoisotopic (exact) mass is 198 g/mol. The van der Waals surface area contributed by atoms with Crippen molar-refractivity contribution in [3.05, 3.63) is 66.8 Å². The Balaban J connectivity index is 1.96. The molecule has 0 saturated heterocycles. The molecule has 1 radical (unpaired) electrons. The highest BCUT2D eigenvalue weighted by Gasteiger charge is 1.94. The Labute approximate surface area is 89.6 Å². The van der Waals surface area contributed by atoms with Crippen LogP contribution in [0, 0.1) is 6.92 Å². The lowest BCUT2D eigenvalue weighted by atomic mass is 10.2. The molecule has 75 valence electrons. The van der Waals surface area contributed by atoms with Gasteiger partial charge in [-0.15, -0.1) is 0 Å². The number of aromatic nitrogens is 1. The summed E-state index contributed by atoms with van der Waals surface area (Å²) in [4.78, 5) is 4.02. The molecule has 0 unspecified atom stereocenters. The largest absolute Gasteiger partial charge is 0.489 e. The fourth-order valence-corrected chi connectivity index (χ4v) is 1.24. The van der Waals surface area contributed by atoms with Gasteiger partial charge < -0.3 is 4.74 Å². The standard InChI is InChI=1S/C13H12NO/c1-11-4-6-13(7-5-11)15-10-12-3-2-8-14-9-12/h2-9H,1,10H2. The zero-order valence-electron chi connectivity index (χ0n) is 8.39. The van der Waals surface area contributed by atoms with Crippen LogP contribution in [0.15, 0.2) is 48.8 Å². The van der Waals surface area contributed by atoms with Gasteiger partial charge in [0.1, 0.15) is 12.4 Å². The van der Waals surface area contributed by atoms with Gasteiger partial charge in [0.05, 0.1) is 0 Å². The zero-order valence-corrected chi connectivity index (χ0v) is 8.39. The number of rotatable bonds is 3. The molecule has 0 aliphatic rings. The summed E-state index contributed by atoms with van der Waals surface area (Å²) in [5.74, 6) is 0.853. The Hall–Kier alpha value is -1.83. The van der Waals surface area contributed by atoms with Gasteiger partial charge in [-0.2, -0.15) is 0 Å². The second-order valence-electron chi connectivity index (χ2n) is 3.29. The summed E-state index contributed by atoms with van der Waals surface area (Å²) in [6, 6.07) is 11.6. The summed E-state index contributed by atoms with van der Waals surface area (Å²) in [5.41, 5.74) is 2.06. The number of benzene rings is 1. The molecule has 0 atom stereocenters. The molecule has 0 aliphatic heterocycles. The number of nitrogens with zero attached hydrogens (tertiary/aromatic N) is 1. The SMILES string of the molecule is [CH2]c1ccc(OCc2cccnc2)cc1. The van der Waals surface area contributed by atoms with Crippen LogP contribution in [-0.4, -0.2) is 4.98 Å². The maximum absolute atomic E-state index is 5.58. The topological polar surface area (TPSA) is 22.1 Å². The van der Waals surface area contributed by atoms with Crippen molar-refractivity contribution < 1.29 is 4.74 Å². The van der Waals surface area contributed by atoms with Gasteiger partial charge in [0.25, 0.3) is 0 Å². The fourth-order valence-electron chi connectivity index (χ4n) is 1.24. The van der Waals surface area contributed by atoms with Crippen molar-refractivity contribution >= 4 is 0 Å². The minimum Gasteiger partial charge on any atom is -0.489 e. The highest BCUT2D eigenvalue weighted by Crippen LogP contribution is 2.13. The number of hydrogen-bond acceptors (Lipinski definition) is 2. The highest BCUT2D eigenvalue weighted by atomic mass is 16.5. The summed E-state index contributed by atoms with van der Waals surface area (Å²) in [6.07, 6.45) is 3.55. The molecular weight excluding hydrogens is 186 g/mol. The number of ether oxygens (including phenoxy) is 1. The Bertz CT molecular complexity index is 408. The predicted molar refractivity (Wildman–Crippen MR) is 59.5 cm³/mol. The smallest absolute Gasteiger partial charge is 0.119 e. The van der Waals surface area contributed by atoms with E-state index in [9.17, 15) is 0 Å². The lowest BCUT2D eigenvalue weighted by Gasteiger charge is -2.05. The summed E-state index contributed by atoms with van der Waals surface area (Å²) in [5, 5.41) is 0. The van der Waals surface area contributed by atoms with Gasteiger partial charge in [-0.05, 0) is 30.7 Å². The van der Waals surface area contributed by atoms with Crippen LogP contribution in [0.25, 0.3) is 0 Å². The number of pyridine rings is 1. The Morgan fingerprint density at radius 3 is 2.60 bits per heavy atom. The van der Waals surface area contributed by atoms with Crippen LogP contribution in [0.5, 0.6) is 5.75 Å². The van der Waals surface area contributed by atoms with Crippen molar-refractivity contribution in [2.75, 3.05) is 0 Å². The molecule has 0 amide bonds. The molecule has 1 aromatic carbocycles. The normalized spacial score (nSPS) is 9.93. The third kappa shape index (κ3) is 2.81. The van der Waals surface area contributed by atoms with E-state index in [2.05, 4.69) is 11.9 Å². The third-order valence-electron chi connectivity index (χ3n) is 2.05. The van der Waals surface area contributed by atoms with E-state index in [1.54, 1.807) is 12.4 Å². The molecule has 0 bridgehead atoms. The minimum absolute atomic E-state index is 0.546. The minimum atomic E-state index is 0.546. The quantitative estimate of drug-likeness (QED) is 0.756. The predicted octanol–water partition coefficient (Wildman–Crippen LogP) is 2.84. The van der Waals surface area contributed by atoms with Gasteiger partial charge in [-0.3, -0.25) is 4.98 Å². The van der Waals surface area contributed by atoms with E-state index < -0.39 is 0 Å². The number of hydrogen-bond donors (Lipinski definition) is 0. The third-order valence-corrected chi connectivity index (χ3v) is 2.05. The average Bonchev–Trinajstić information content (AvgIpc) is 2.30. The summed E-state index contributed by atoms with van der Waals surface area (Å²) in [6.45, 7) is 4.36. The van der Waals surface area contributed by atoms with Crippen LogP contribution in [0.1, 0.15) is 11.1 Å². The van der Waals surface area contributed by atoms with E-state index in [0.717, 1.165) is 16.9 Å². The van der Waals surface area contributed by atoms with Gasteiger partial charge in [0.15, 0.2) is 0 Å². The van der Waals surface area contributed by atoms with Crippen LogP contribution in [0.4, 0.5) is 0 Å². The van der Waals surface area contributed by atoms with Gasteiger partial charge in [-0.1, -0.05) is 18.2 Å². The zero-order chi connectivity index (χ0) is 10.5. The molecule has 0 aliphatic carbocycles. The fraction of sp³-hybridized carbons (Fsp3) is 0.0769. The lowest BCUT2D eigenvalue weighted by molar-refractivity contribution is 0.305. The van der Waals surface area contributed by atoms with Crippen LogP contribution in [-0.2, 0) is 6.61 Å². The van der Waals surface area contributed by atoms with Gasteiger partial charge in [0, 0.05) is 18.0 Å². The molecule has 2 rings (SSSR count). The second kappa shape index (κ2) is 4.60. The van der Waals surface area contributed by atoms with E-state index in [0.29, 0.717) is 6.61 Å². The molecule has 1 heterocycles. The van der Waals surface area contributed by atoms with Crippen LogP contribution in [0.2, 0.25) is 0 Å². The van der Waals surface area contributed by atoms with Crippen LogP contribution >= 0.6 is 0 Å². The Kier molecular flexibility index (Phi) is 2.98. The van der Waals surface area contributed by atoms with Crippen LogP contribution < -0.4 is 4.74 Å². The molecule has 2 nitrogen and oxygen atoms in total. The van der Waals surface area contributed by atoms with E-state index >= 15 is 0 Å². The van der Waals surface area contributed by atoms with Crippen molar-refractivity contribution in [3.8, 4) is 5.75 Å². The molecular formula is C13H12NO. The van der Waals surface area contributed by atoms with Crippen molar-refractivity contribution in [1.82, 2.24) is 4.98 Å². The van der Waals surface area contributed by atoms with Gasteiger partial charge >= 0.3 is 0 Å². The molecule has 0 spiro atoms. The summed E-state index contributed by atoms with van der Waals surface area (Å²) >= 11 is 0. The first-order valence-corrected chi connectivity index (χ1v) is 4.78. The van der Waals surface area contributed by atoms with E-state index in [1.807, 2.05) is 36.4 Å². The van der Waals surface area contributed by atoms with Crippen molar-refractivity contribution in [2.45, 2.75) is 6.61 Å². The first-order valence-electron chi connectivity index (χ1n) is 4.78. The first-order chi connectivity index (χ1) is 7.34. The van der Waals surface area contributed by atoms with Crippen molar-refractivity contribution in [2.24, 2.45) is 0 Å². The summed E-state index contributed by atoms with van der Waals surface area (Å²) in [7, 11) is 0. The Morgan fingerprint density at radius 2 is 1.93 bits per heavy atom. The molecule has 0 fully saturated rings. The molecule has 0 saturated carbocycles. The summed E-state index contributed by atoms with van der Waals surface area (Å²) < 4.78 is 5.58. The van der Waals surface area contributed by atoms with Crippen LogP contribution in [0.3, 0.4) is 0 Å². The molecule has 15 heavy (non-hydrogen) atoms. The maximum atomic E-state index is 5.58. The van der Waals surface area contributed by atoms with E-state index in [4.69, 9.17) is 4.74 Å². The highest BCUT2D eigenvalue weighted by molar-refractivity contribution is 5.28. The Morgan fingerprint density at radius 1 is 1.13 bits per heavy atom. The molecule has 0 N–H and O–H groups in total. The molecule has 2 heteroatoms. The molecule has 1 aromatic heterocycles. The average molecular weight is 198 g/mol. The lowest BCUT2D eigenvalue weighted by Crippen LogP contribution is -1.95. The van der Waals surface area contributed by atoms with Crippen molar-refractivity contribution in [3.63, 3.8) is 0 Å².